The number of fused-ring (bicyclic) bond motifs is 3. The van der Waals surface area contributed by atoms with E-state index in [-0.39, 0.29) is 0 Å². The Bertz CT molecular complexity index is 532. The first-order chi connectivity index (χ1) is 8.31. The van der Waals surface area contributed by atoms with E-state index in [4.69, 9.17) is 0 Å². The summed E-state index contributed by atoms with van der Waals surface area (Å²) in [6, 6.07) is 9.19. The van der Waals surface area contributed by atoms with Crippen LogP contribution < -0.4 is 5.32 Å². The number of thioether (sulfide) groups is 1. The van der Waals surface area contributed by atoms with Crippen LogP contribution in [0, 0.1) is 0 Å². The highest BCUT2D eigenvalue weighted by Gasteiger charge is 2.28. The van der Waals surface area contributed by atoms with E-state index in [1.165, 1.54) is 33.7 Å². The Balaban J connectivity index is 2.17. The zero-order valence-corrected chi connectivity index (χ0v) is 11.1. The van der Waals surface area contributed by atoms with Gasteiger partial charge in [0.2, 0.25) is 0 Å². The molecular weight excluding hydrogens is 228 g/mol. The molecular formula is C14H18N2S. The van der Waals surface area contributed by atoms with Gasteiger partial charge in [0.15, 0.2) is 0 Å². The molecule has 0 bridgehead atoms. The highest BCUT2D eigenvalue weighted by atomic mass is 32.2. The molecule has 1 aromatic heterocycles. The number of aromatic nitrogens is 1. The van der Waals surface area contributed by atoms with Gasteiger partial charge in [0.1, 0.15) is 0 Å². The monoisotopic (exact) mass is 246 g/mol. The number of likely N-dealkylation sites (N-methyl/N-ethyl adjacent to an activating group) is 1. The number of nitrogens with one attached hydrogen (secondary N) is 2. The van der Waals surface area contributed by atoms with E-state index < -0.39 is 0 Å². The molecule has 2 heterocycles. The number of benzene rings is 1. The Morgan fingerprint density at radius 1 is 1.41 bits per heavy atom. The summed E-state index contributed by atoms with van der Waals surface area (Å²) in [5, 5.41) is 6.19. The van der Waals surface area contributed by atoms with Gasteiger partial charge in [-0.1, -0.05) is 18.2 Å². The molecule has 3 rings (SSSR count). The highest BCUT2D eigenvalue weighted by Crippen LogP contribution is 2.42. The van der Waals surface area contributed by atoms with Crippen LogP contribution in [0.1, 0.15) is 24.8 Å². The number of hydrogen-bond donors (Lipinski definition) is 2. The van der Waals surface area contributed by atoms with Crippen molar-refractivity contribution in [2.24, 2.45) is 0 Å². The molecule has 0 aliphatic carbocycles. The van der Waals surface area contributed by atoms with E-state index >= 15 is 0 Å². The van der Waals surface area contributed by atoms with Crippen LogP contribution in [-0.2, 0) is 0 Å². The largest absolute Gasteiger partial charge is 0.349 e. The topological polar surface area (TPSA) is 27.8 Å². The van der Waals surface area contributed by atoms with Crippen molar-refractivity contribution in [3.8, 4) is 0 Å². The molecule has 2 nitrogen and oxygen atoms in total. The fourth-order valence-corrected chi connectivity index (χ4v) is 3.93. The minimum atomic E-state index is 0.536. The summed E-state index contributed by atoms with van der Waals surface area (Å²) in [7, 11) is 2.06. The maximum Gasteiger partial charge on any atom is 0.0768 e. The summed E-state index contributed by atoms with van der Waals surface area (Å²) in [6.45, 7) is 2.28. The molecule has 3 heteroatoms. The summed E-state index contributed by atoms with van der Waals surface area (Å²) in [5.41, 5.74) is 2.80. The van der Waals surface area contributed by atoms with E-state index in [2.05, 4.69) is 48.5 Å². The van der Waals surface area contributed by atoms with Crippen molar-refractivity contribution in [3.05, 3.63) is 29.8 Å². The van der Waals surface area contributed by atoms with Gasteiger partial charge in [-0.25, -0.2) is 0 Å². The third kappa shape index (κ3) is 1.78. The first kappa shape index (κ1) is 11.2. The molecule has 0 fully saturated rings. The third-order valence-electron chi connectivity index (χ3n) is 3.82. The molecule has 0 amide bonds. The maximum atomic E-state index is 3.56. The van der Waals surface area contributed by atoms with E-state index in [9.17, 15) is 0 Å². The molecule has 0 saturated heterocycles. The second-order valence-electron chi connectivity index (χ2n) is 4.73. The SMILES string of the molecule is CNC(C)C1CCSc2[nH]c3ccccc3c21. The van der Waals surface area contributed by atoms with Gasteiger partial charge in [0.25, 0.3) is 0 Å². The molecule has 2 unspecified atom stereocenters. The van der Waals surface area contributed by atoms with Gasteiger partial charge < -0.3 is 10.3 Å². The Morgan fingerprint density at radius 3 is 3.06 bits per heavy atom. The van der Waals surface area contributed by atoms with Crippen LogP contribution >= 0.6 is 11.8 Å². The second-order valence-corrected chi connectivity index (χ2v) is 5.84. The molecule has 0 saturated carbocycles. The van der Waals surface area contributed by atoms with Gasteiger partial charge in [0.05, 0.1) is 5.03 Å². The first-order valence-electron chi connectivity index (χ1n) is 6.22. The highest BCUT2D eigenvalue weighted by molar-refractivity contribution is 7.99. The van der Waals surface area contributed by atoms with Crippen LogP contribution in [0.25, 0.3) is 10.9 Å². The molecule has 2 aromatic rings. The number of rotatable bonds is 2. The van der Waals surface area contributed by atoms with Crippen molar-refractivity contribution in [3.63, 3.8) is 0 Å². The van der Waals surface area contributed by atoms with Gasteiger partial charge in [0, 0.05) is 28.6 Å². The van der Waals surface area contributed by atoms with Crippen LogP contribution in [0.4, 0.5) is 0 Å². The molecule has 17 heavy (non-hydrogen) atoms. The van der Waals surface area contributed by atoms with Gasteiger partial charge in [-0.3, -0.25) is 0 Å². The van der Waals surface area contributed by atoms with E-state index in [0.717, 1.165) is 0 Å². The van der Waals surface area contributed by atoms with E-state index in [1.807, 2.05) is 11.8 Å². The predicted octanol–water partition coefficient (Wildman–Crippen LogP) is 3.36. The maximum absolute atomic E-state index is 3.56. The Hall–Kier alpha value is -0.930. The number of para-hydroxylation sites is 1. The molecule has 0 radical (unpaired) electrons. The lowest BCUT2D eigenvalue weighted by atomic mass is 9.89. The van der Waals surface area contributed by atoms with Crippen LogP contribution in [0.5, 0.6) is 0 Å². The van der Waals surface area contributed by atoms with Crippen molar-refractivity contribution in [2.75, 3.05) is 12.8 Å². The van der Waals surface area contributed by atoms with Crippen molar-refractivity contribution in [2.45, 2.75) is 30.3 Å². The molecule has 0 spiro atoms. The average Bonchev–Trinajstić information content (AvgIpc) is 2.76. The lowest BCUT2D eigenvalue weighted by Gasteiger charge is -2.28. The number of aromatic amines is 1. The van der Waals surface area contributed by atoms with Crippen molar-refractivity contribution < 1.29 is 0 Å². The lowest BCUT2D eigenvalue weighted by molar-refractivity contribution is 0.478. The summed E-state index contributed by atoms with van der Waals surface area (Å²) >= 11 is 1.96. The fraction of sp³-hybridized carbons (Fsp3) is 0.429. The smallest absolute Gasteiger partial charge is 0.0768 e. The van der Waals surface area contributed by atoms with Crippen LogP contribution in [0.3, 0.4) is 0 Å². The molecule has 2 N–H and O–H groups in total. The predicted molar refractivity (Wildman–Crippen MR) is 74.9 cm³/mol. The van der Waals surface area contributed by atoms with Crippen molar-refractivity contribution in [1.82, 2.24) is 10.3 Å². The first-order valence-corrected chi connectivity index (χ1v) is 7.20. The second kappa shape index (κ2) is 4.39. The Labute approximate surface area is 106 Å². The van der Waals surface area contributed by atoms with Gasteiger partial charge in [-0.05, 0) is 32.0 Å². The lowest BCUT2D eigenvalue weighted by Crippen LogP contribution is -2.30. The fourth-order valence-electron chi connectivity index (χ4n) is 2.75. The molecule has 90 valence electrons. The zero-order valence-electron chi connectivity index (χ0n) is 10.3. The van der Waals surface area contributed by atoms with Gasteiger partial charge in [-0.15, -0.1) is 11.8 Å². The van der Waals surface area contributed by atoms with Crippen LogP contribution in [0.2, 0.25) is 0 Å². The quantitative estimate of drug-likeness (QED) is 0.850. The molecule has 2 atom stereocenters. The minimum absolute atomic E-state index is 0.536. The van der Waals surface area contributed by atoms with Crippen molar-refractivity contribution >= 4 is 22.7 Å². The molecule has 1 aliphatic heterocycles. The summed E-state index contributed by atoms with van der Waals surface area (Å²) in [5.74, 6) is 1.85. The Morgan fingerprint density at radius 2 is 2.24 bits per heavy atom. The molecule has 1 aromatic carbocycles. The average molecular weight is 246 g/mol. The standard InChI is InChI=1S/C14H18N2S/c1-9(15-2)10-7-8-17-14-13(10)11-5-3-4-6-12(11)16-14/h3-6,9-10,15-16H,7-8H2,1-2H3. The van der Waals surface area contributed by atoms with Crippen LogP contribution in [-0.4, -0.2) is 23.8 Å². The van der Waals surface area contributed by atoms with Gasteiger partial charge in [-0.2, -0.15) is 0 Å². The number of hydrogen-bond acceptors (Lipinski definition) is 2. The third-order valence-corrected chi connectivity index (χ3v) is 4.87. The molecule has 1 aliphatic rings. The summed E-state index contributed by atoms with van der Waals surface area (Å²) in [6.07, 6.45) is 1.27. The van der Waals surface area contributed by atoms with E-state index in [0.29, 0.717) is 12.0 Å². The normalized spacial score (nSPS) is 21.4. The minimum Gasteiger partial charge on any atom is -0.349 e. The summed E-state index contributed by atoms with van der Waals surface area (Å²) in [4.78, 5) is 3.56. The summed E-state index contributed by atoms with van der Waals surface area (Å²) < 4.78 is 0. The number of H-pyrrole nitrogens is 1. The van der Waals surface area contributed by atoms with E-state index in [1.54, 1.807) is 0 Å². The van der Waals surface area contributed by atoms with Crippen molar-refractivity contribution in [1.29, 1.82) is 0 Å². The van der Waals surface area contributed by atoms with Gasteiger partial charge >= 0.3 is 0 Å². The Kier molecular flexibility index (Phi) is 2.89. The zero-order chi connectivity index (χ0) is 11.8. The van der Waals surface area contributed by atoms with Crippen LogP contribution in [0.15, 0.2) is 29.3 Å².